The number of nitrogens with one attached hydrogen (secondary N) is 1. The zero-order valence-electron chi connectivity index (χ0n) is 11.1. The van der Waals surface area contributed by atoms with E-state index in [-0.39, 0.29) is 11.7 Å². The summed E-state index contributed by atoms with van der Waals surface area (Å²) in [6.07, 6.45) is 3.51. The van der Waals surface area contributed by atoms with Crippen molar-refractivity contribution in [1.29, 1.82) is 5.41 Å². The van der Waals surface area contributed by atoms with Gasteiger partial charge in [-0.05, 0) is 23.6 Å². The molecule has 1 aliphatic heterocycles. The molecule has 1 heterocycles. The van der Waals surface area contributed by atoms with Crippen molar-refractivity contribution >= 4 is 17.3 Å². The smallest absolute Gasteiger partial charge is 0.222 e. The minimum atomic E-state index is 0.0843. The van der Waals surface area contributed by atoms with Gasteiger partial charge in [0.1, 0.15) is 5.84 Å². The van der Waals surface area contributed by atoms with E-state index < -0.39 is 0 Å². The largest absolute Gasteiger partial charge is 0.384 e. The first-order chi connectivity index (χ1) is 9.11. The molecule has 0 fully saturated rings. The van der Waals surface area contributed by atoms with Crippen molar-refractivity contribution in [2.75, 3.05) is 13.1 Å². The fourth-order valence-electron chi connectivity index (χ4n) is 2.27. The number of carbonyl (C=O) groups excluding carboxylic acids is 1. The molecule has 100 valence electrons. The van der Waals surface area contributed by atoms with Crippen LogP contribution in [0.5, 0.6) is 0 Å². The van der Waals surface area contributed by atoms with E-state index in [1.807, 2.05) is 36.1 Å². The third-order valence-corrected chi connectivity index (χ3v) is 3.41. The van der Waals surface area contributed by atoms with Crippen molar-refractivity contribution in [1.82, 2.24) is 4.90 Å². The van der Waals surface area contributed by atoms with Gasteiger partial charge in [0.05, 0.1) is 0 Å². The van der Waals surface area contributed by atoms with Gasteiger partial charge in [-0.15, -0.1) is 0 Å². The molecule has 1 aliphatic rings. The maximum atomic E-state index is 11.6. The van der Waals surface area contributed by atoms with Gasteiger partial charge in [-0.2, -0.15) is 0 Å². The van der Waals surface area contributed by atoms with Crippen LogP contribution in [0.4, 0.5) is 0 Å². The predicted molar refractivity (Wildman–Crippen MR) is 76.9 cm³/mol. The van der Waals surface area contributed by atoms with Crippen LogP contribution in [0.25, 0.3) is 5.57 Å². The summed E-state index contributed by atoms with van der Waals surface area (Å²) in [6.45, 7) is 3.33. The lowest BCUT2D eigenvalue weighted by atomic mass is 9.97. The van der Waals surface area contributed by atoms with Crippen LogP contribution in [-0.4, -0.2) is 29.7 Å². The van der Waals surface area contributed by atoms with Crippen molar-refractivity contribution < 1.29 is 4.79 Å². The van der Waals surface area contributed by atoms with Gasteiger partial charge in [-0.25, -0.2) is 0 Å². The van der Waals surface area contributed by atoms with Crippen LogP contribution in [0.2, 0.25) is 0 Å². The Hall–Kier alpha value is -2.10. The van der Waals surface area contributed by atoms with Crippen molar-refractivity contribution in [2.45, 2.75) is 19.8 Å². The highest BCUT2D eigenvalue weighted by molar-refractivity contribution is 5.95. The number of benzene rings is 1. The van der Waals surface area contributed by atoms with Crippen molar-refractivity contribution in [3.05, 3.63) is 41.5 Å². The fourth-order valence-corrected chi connectivity index (χ4v) is 2.27. The normalized spacial score (nSPS) is 15.0. The molecule has 0 saturated heterocycles. The van der Waals surface area contributed by atoms with Crippen LogP contribution in [0.1, 0.15) is 30.9 Å². The Morgan fingerprint density at radius 3 is 2.84 bits per heavy atom. The second kappa shape index (κ2) is 5.69. The maximum Gasteiger partial charge on any atom is 0.222 e. The Balaban J connectivity index is 2.16. The lowest BCUT2D eigenvalue weighted by molar-refractivity contribution is -0.130. The number of hydrogen-bond donors (Lipinski definition) is 2. The average Bonchev–Trinajstić information content (AvgIpc) is 2.46. The molecule has 3 N–H and O–H groups in total. The summed E-state index contributed by atoms with van der Waals surface area (Å²) in [5.74, 6) is 0.286. The second-order valence-corrected chi connectivity index (χ2v) is 4.67. The topological polar surface area (TPSA) is 70.2 Å². The van der Waals surface area contributed by atoms with E-state index in [0.717, 1.165) is 24.1 Å². The molecule has 1 amide bonds. The number of carbonyl (C=O) groups is 1. The number of nitrogens with zero attached hydrogens (tertiary/aromatic N) is 1. The van der Waals surface area contributed by atoms with Crippen LogP contribution in [0, 0.1) is 5.41 Å². The summed E-state index contributed by atoms with van der Waals surface area (Å²) in [6, 6.07) is 7.71. The second-order valence-electron chi connectivity index (χ2n) is 4.67. The van der Waals surface area contributed by atoms with Crippen LogP contribution in [0.3, 0.4) is 0 Å². The van der Waals surface area contributed by atoms with Crippen LogP contribution >= 0.6 is 0 Å². The van der Waals surface area contributed by atoms with E-state index in [0.29, 0.717) is 13.0 Å². The van der Waals surface area contributed by atoms with Crippen LogP contribution in [-0.2, 0) is 4.79 Å². The third kappa shape index (κ3) is 3.02. The zero-order chi connectivity index (χ0) is 13.8. The summed E-state index contributed by atoms with van der Waals surface area (Å²) in [7, 11) is 0. The molecular formula is C15H19N3O. The van der Waals surface area contributed by atoms with Gasteiger partial charge in [-0.1, -0.05) is 31.2 Å². The van der Waals surface area contributed by atoms with E-state index in [4.69, 9.17) is 11.1 Å². The summed E-state index contributed by atoms with van der Waals surface area (Å²) >= 11 is 0. The first-order valence-electron chi connectivity index (χ1n) is 6.53. The van der Waals surface area contributed by atoms with Gasteiger partial charge in [0.15, 0.2) is 0 Å². The highest BCUT2D eigenvalue weighted by Gasteiger charge is 2.16. The molecule has 19 heavy (non-hydrogen) atoms. The Kier molecular flexibility index (Phi) is 4.00. The highest BCUT2D eigenvalue weighted by Crippen LogP contribution is 2.23. The average molecular weight is 257 g/mol. The van der Waals surface area contributed by atoms with Gasteiger partial charge in [-0.3, -0.25) is 10.2 Å². The molecule has 1 aromatic carbocycles. The molecular weight excluding hydrogens is 238 g/mol. The Morgan fingerprint density at radius 1 is 1.47 bits per heavy atom. The minimum Gasteiger partial charge on any atom is -0.384 e. The first kappa shape index (κ1) is 13.3. The lowest BCUT2D eigenvalue weighted by Crippen LogP contribution is -2.34. The summed E-state index contributed by atoms with van der Waals surface area (Å²) in [4.78, 5) is 13.5. The van der Waals surface area contributed by atoms with E-state index in [1.54, 1.807) is 0 Å². The maximum absolute atomic E-state index is 11.6. The number of amides is 1. The molecule has 0 bridgehead atoms. The molecule has 2 rings (SSSR count). The number of amidine groups is 1. The SMILES string of the molecule is CCC(=O)N1CC=C(c2cccc(C(=N)N)c2)CC1. The number of hydrogen-bond acceptors (Lipinski definition) is 2. The molecule has 0 unspecified atom stereocenters. The zero-order valence-corrected chi connectivity index (χ0v) is 11.1. The fraction of sp³-hybridized carbons (Fsp3) is 0.333. The summed E-state index contributed by atoms with van der Waals surface area (Å²) in [5.41, 5.74) is 8.56. The molecule has 0 saturated carbocycles. The van der Waals surface area contributed by atoms with Gasteiger partial charge in [0.25, 0.3) is 0 Å². The molecule has 4 nitrogen and oxygen atoms in total. The molecule has 1 aromatic rings. The molecule has 0 spiro atoms. The van der Waals surface area contributed by atoms with Crippen molar-refractivity contribution in [3.63, 3.8) is 0 Å². The number of nitrogens with two attached hydrogens (primary N) is 1. The molecule has 0 aliphatic carbocycles. The lowest BCUT2D eigenvalue weighted by Gasteiger charge is -2.26. The van der Waals surface area contributed by atoms with Gasteiger partial charge in [0.2, 0.25) is 5.91 Å². The number of rotatable bonds is 3. The Bertz CT molecular complexity index is 534. The molecule has 0 atom stereocenters. The van der Waals surface area contributed by atoms with Gasteiger partial charge in [0, 0.05) is 25.1 Å². The Labute approximate surface area is 113 Å². The molecule has 0 aromatic heterocycles. The molecule has 4 heteroatoms. The monoisotopic (exact) mass is 257 g/mol. The van der Waals surface area contributed by atoms with Crippen molar-refractivity contribution in [2.24, 2.45) is 5.73 Å². The van der Waals surface area contributed by atoms with Gasteiger partial charge >= 0.3 is 0 Å². The number of nitrogen functional groups attached to an aromatic ring is 1. The van der Waals surface area contributed by atoms with Crippen molar-refractivity contribution in [3.8, 4) is 0 Å². The Morgan fingerprint density at radius 2 is 2.26 bits per heavy atom. The first-order valence-corrected chi connectivity index (χ1v) is 6.53. The van der Waals surface area contributed by atoms with E-state index in [9.17, 15) is 4.79 Å². The predicted octanol–water partition coefficient (Wildman–Crippen LogP) is 2.00. The van der Waals surface area contributed by atoms with Gasteiger partial charge < -0.3 is 10.6 Å². The van der Waals surface area contributed by atoms with E-state index in [1.165, 1.54) is 5.57 Å². The summed E-state index contributed by atoms with van der Waals surface area (Å²) < 4.78 is 0. The van der Waals surface area contributed by atoms with E-state index in [2.05, 4.69) is 6.08 Å². The molecule has 0 radical (unpaired) electrons. The quantitative estimate of drug-likeness (QED) is 0.642. The van der Waals surface area contributed by atoms with Crippen LogP contribution in [0.15, 0.2) is 30.3 Å². The standard InChI is InChI=1S/C15H19N3O/c1-2-14(19)18-8-6-11(7-9-18)12-4-3-5-13(10-12)15(16)17/h3-6,10H,2,7-9H2,1H3,(H3,16,17). The third-order valence-electron chi connectivity index (χ3n) is 3.41. The summed E-state index contributed by atoms with van der Waals surface area (Å²) in [5, 5.41) is 7.46. The van der Waals surface area contributed by atoms with Crippen LogP contribution < -0.4 is 5.73 Å². The van der Waals surface area contributed by atoms with E-state index >= 15 is 0 Å². The highest BCUT2D eigenvalue weighted by atomic mass is 16.2. The minimum absolute atomic E-state index is 0.0843.